The summed E-state index contributed by atoms with van der Waals surface area (Å²) in [5.74, 6) is -2.64. The number of carbonyl (C=O) groups excluding carboxylic acids is 1. The molecule has 0 radical (unpaired) electrons. The number of anilines is 1. The third kappa shape index (κ3) is 4.77. The quantitative estimate of drug-likeness (QED) is 0.761. The Morgan fingerprint density at radius 2 is 2.00 bits per heavy atom. The van der Waals surface area contributed by atoms with Gasteiger partial charge in [-0.2, -0.15) is 0 Å². The van der Waals surface area contributed by atoms with E-state index in [2.05, 4.69) is 5.32 Å². The monoisotopic (exact) mass is 259 g/mol. The van der Waals surface area contributed by atoms with E-state index in [0.717, 1.165) is 6.07 Å². The molecule has 0 saturated carbocycles. The summed E-state index contributed by atoms with van der Waals surface area (Å²) < 4.78 is 36.0. The lowest BCUT2D eigenvalue weighted by Crippen LogP contribution is -2.20. The lowest BCUT2D eigenvalue weighted by atomic mass is 10.3. The van der Waals surface area contributed by atoms with Crippen molar-refractivity contribution in [3.63, 3.8) is 0 Å². The fourth-order valence-corrected chi connectivity index (χ4v) is 1.21. The van der Waals surface area contributed by atoms with Gasteiger partial charge in [-0.05, 0) is 19.1 Å². The summed E-state index contributed by atoms with van der Waals surface area (Å²) >= 11 is 0. The third-order valence-electron chi connectivity index (χ3n) is 2.03. The Morgan fingerprint density at radius 3 is 2.72 bits per heavy atom. The molecule has 0 fully saturated rings. The van der Waals surface area contributed by atoms with E-state index in [1.807, 2.05) is 6.92 Å². The van der Waals surface area contributed by atoms with E-state index in [-0.39, 0.29) is 18.9 Å². The molecule has 18 heavy (non-hydrogen) atoms. The highest BCUT2D eigenvalue weighted by Gasteiger charge is 2.10. The predicted molar refractivity (Wildman–Crippen MR) is 62.3 cm³/mol. The van der Waals surface area contributed by atoms with Crippen molar-refractivity contribution in [3.05, 3.63) is 29.8 Å². The Hall–Kier alpha value is -1.53. The molecule has 0 aliphatic rings. The van der Waals surface area contributed by atoms with Crippen molar-refractivity contribution in [2.75, 3.05) is 31.7 Å². The number of halogens is 2. The molecule has 100 valence electrons. The zero-order chi connectivity index (χ0) is 13.4. The molecule has 4 nitrogen and oxygen atoms in total. The Morgan fingerprint density at radius 1 is 1.28 bits per heavy atom. The molecule has 1 rings (SSSR count). The molecule has 1 amide bonds. The van der Waals surface area contributed by atoms with E-state index in [1.165, 1.54) is 12.1 Å². The summed E-state index contributed by atoms with van der Waals surface area (Å²) in [4.78, 5) is 11.3. The van der Waals surface area contributed by atoms with Crippen molar-refractivity contribution in [1.82, 2.24) is 0 Å². The Balaban J connectivity index is 2.34. The molecule has 0 aliphatic heterocycles. The van der Waals surface area contributed by atoms with E-state index in [0.29, 0.717) is 13.2 Å². The lowest BCUT2D eigenvalue weighted by molar-refractivity contribution is -0.121. The van der Waals surface area contributed by atoms with Gasteiger partial charge in [0.1, 0.15) is 6.61 Å². The number of ether oxygens (including phenoxy) is 2. The van der Waals surface area contributed by atoms with E-state index < -0.39 is 17.5 Å². The van der Waals surface area contributed by atoms with Crippen LogP contribution in [0.4, 0.5) is 14.5 Å². The predicted octanol–water partition coefficient (Wildman–Crippen LogP) is 1.96. The van der Waals surface area contributed by atoms with Crippen molar-refractivity contribution in [2.24, 2.45) is 0 Å². The average molecular weight is 259 g/mol. The highest BCUT2D eigenvalue weighted by molar-refractivity contribution is 5.91. The Labute approximate surface area is 104 Å². The Kier molecular flexibility index (Phi) is 6.24. The van der Waals surface area contributed by atoms with Crippen molar-refractivity contribution >= 4 is 11.6 Å². The zero-order valence-corrected chi connectivity index (χ0v) is 10.0. The second kappa shape index (κ2) is 7.73. The SMILES string of the molecule is CCOCCOCC(=O)Nc1cccc(F)c1F. The number of benzene rings is 1. The number of amides is 1. The number of rotatable bonds is 7. The van der Waals surface area contributed by atoms with E-state index in [1.54, 1.807) is 0 Å². The molecule has 0 aliphatic carbocycles. The molecule has 0 atom stereocenters. The number of hydrogen-bond acceptors (Lipinski definition) is 3. The van der Waals surface area contributed by atoms with Crippen LogP contribution in [0.3, 0.4) is 0 Å². The van der Waals surface area contributed by atoms with Crippen LogP contribution >= 0.6 is 0 Å². The van der Waals surface area contributed by atoms with Crippen LogP contribution in [0.2, 0.25) is 0 Å². The van der Waals surface area contributed by atoms with Crippen molar-refractivity contribution in [3.8, 4) is 0 Å². The van der Waals surface area contributed by atoms with Gasteiger partial charge in [0.2, 0.25) is 5.91 Å². The van der Waals surface area contributed by atoms with Gasteiger partial charge in [-0.3, -0.25) is 4.79 Å². The molecule has 0 heterocycles. The van der Waals surface area contributed by atoms with Crippen molar-refractivity contribution in [1.29, 1.82) is 0 Å². The minimum absolute atomic E-state index is 0.201. The Bertz CT molecular complexity index is 399. The molecule has 0 spiro atoms. The molecule has 0 unspecified atom stereocenters. The fraction of sp³-hybridized carbons (Fsp3) is 0.417. The van der Waals surface area contributed by atoms with Gasteiger partial charge in [0.25, 0.3) is 0 Å². The summed E-state index contributed by atoms with van der Waals surface area (Å²) in [5, 5.41) is 2.22. The summed E-state index contributed by atoms with van der Waals surface area (Å²) in [6.07, 6.45) is 0. The largest absolute Gasteiger partial charge is 0.379 e. The topological polar surface area (TPSA) is 47.6 Å². The first-order valence-corrected chi connectivity index (χ1v) is 5.54. The molecule has 0 saturated heterocycles. The van der Waals surface area contributed by atoms with Gasteiger partial charge in [-0.1, -0.05) is 6.07 Å². The van der Waals surface area contributed by atoms with Crippen LogP contribution in [-0.2, 0) is 14.3 Å². The van der Waals surface area contributed by atoms with E-state index in [4.69, 9.17) is 9.47 Å². The van der Waals surface area contributed by atoms with Crippen LogP contribution in [0.1, 0.15) is 6.92 Å². The van der Waals surface area contributed by atoms with Crippen LogP contribution in [0.25, 0.3) is 0 Å². The smallest absolute Gasteiger partial charge is 0.250 e. The maximum atomic E-state index is 13.2. The highest BCUT2D eigenvalue weighted by Crippen LogP contribution is 2.16. The minimum Gasteiger partial charge on any atom is -0.379 e. The fourth-order valence-electron chi connectivity index (χ4n) is 1.21. The molecule has 6 heteroatoms. The standard InChI is InChI=1S/C12H15F2NO3/c1-2-17-6-7-18-8-11(16)15-10-5-3-4-9(13)12(10)14/h3-5H,2,6-8H2,1H3,(H,15,16). The van der Waals surface area contributed by atoms with Crippen molar-refractivity contribution < 1.29 is 23.0 Å². The molecule has 1 aromatic rings. The first-order chi connectivity index (χ1) is 8.65. The number of carbonyl (C=O) groups is 1. The summed E-state index contributed by atoms with van der Waals surface area (Å²) in [5.41, 5.74) is -0.201. The van der Waals surface area contributed by atoms with Gasteiger partial charge in [-0.25, -0.2) is 8.78 Å². The van der Waals surface area contributed by atoms with Crippen molar-refractivity contribution in [2.45, 2.75) is 6.92 Å². The van der Waals surface area contributed by atoms with Gasteiger partial charge in [-0.15, -0.1) is 0 Å². The molecule has 1 N–H and O–H groups in total. The van der Waals surface area contributed by atoms with Gasteiger partial charge < -0.3 is 14.8 Å². The first-order valence-electron chi connectivity index (χ1n) is 5.54. The van der Waals surface area contributed by atoms with Crippen LogP contribution in [0, 0.1) is 11.6 Å². The zero-order valence-electron chi connectivity index (χ0n) is 10.0. The summed E-state index contributed by atoms with van der Waals surface area (Å²) in [6, 6.07) is 3.56. The van der Waals surface area contributed by atoms with E-state index in [9.17, 15) is 13.6 Å². The molecule has 0 aromatic heterocycles. The maximum absolute atomic E-state index is 13.2. The summed E-state index contributed by atoms with van der Waals surface area (Å²) in [6.45, 7) is 2.84. The molecule has 1 aromatic carbocycles. The van der Waals surface area contributed by atoms with Crippen LogP contribution in [0.5, 0.6) is 0 Å². The van der Waals surface area contributed by atoms with Gasteiger partial charge in [0.05, 0.1) is 18.9 Å². The van der Waals surface area contributed by atoms with E-state index >= 15 is 0 Å². The van der Waals surface area contributed by atoms with Gasteiger partial charge in [0, 0.05) is 6.61 Å². The normalized spacial score (nSPS) is 10.4. The van der Waals surface area contributed by atoms with Crippen LogP contribution in [-0.4, -0.2) is 32.3 Å². The molecular formula is C12H15F2NO3. The second-order valence-corrected chi connectivity index (χ2v) is 3.40. The van der Waals surface area contributed by atoms with Gasteiger partial charge in [0.15, 0.2) is 11.6 Å². The summed E-state index contributed by atoms with van der Waals surface area (Å²) in [7, 11) is 0. The van der Waals surface area contributed by atoms with Crippen LogP contribution in [0.15, 0.2) is 18.2 Å². The van der Waals surface area contributed by atoms with Crippen LogP contribution < -0.4 is 5.32 Å². The highest BCUT2D eigenvalue weighted by atomic mass is 19.2. The first kappa shape index (κ1) is 14.5. The number of hydrogen-bond donors (Lipinski definition) is 1. The lowest BCUT2D eigenvalue weighted by Gasteiger charge is -2.07. The third-order valence-corrected chi connectivity index (χ3v) is 2.03. The van der Waals surface area contributed by atoms with Gasteiger partial charge >= 0.3 is 0 Å². The minimum atomic E-state index is -1.08. The number of nitrogens with one attached hydrogen (secondary N) is 1. The second-order valence-electron chi connectivity index (χ2n) is 3.40. The molecule has 0 bridgehead atoms. The average Bonchev–Trinajstić information content (AvgIpc) is 2.35. The molecular weight excluding hydrogens is 244 g/mol. The maximum Gasteiger partial charge on any atom is 0.250 e.